The van der Waals surface area contributed by atoms with Crippen molar-refractivity contribution in [1.82, 2.24) is 4.72 Å². The Morgan fingerprint density at radius 3 is 2.70 bits per heavy atom. The SMILES string of the molecule is CCCC[C@H](CC)CN=C1NS(=O)(=O)c2ccccc21. The number of nitrogens with one attached hydrogen (secondary N) is 1. The molecule has 0 bridgehead atoms. The van der Waals surface area contributed by atoms with E-state index in [1.807, 2.05) is 6.07 Å². The van der Waals surface area contributed by atoms with Crippen LogP contribution in [-0.2, 0) is 10.0 Å². The maximum Gasteiger partial charge on any atom is 0.263 e. The first-order chi connectivity index (χ1) is 9.58. The predicted molar refractivity (Wildman–Crippen MR) is 81.5 cm³/mol. The molecule has 4 nitrogen and oxygen atoms in total. The molecule has 110 valence electrons. The van der Waals surface area contributed by atoms with E-state index in [-0.39, 0.29) is 0 Å². The van der Waals surface area contributed by atoms with E-state index in [0.29, 0.717) is 28.8 Å². The Morgan fingerprint density at radius 2 is 2.00 bits per heavy atom. The van der Waals surface area contributed by atoms with Crippen molar-refractivity contribution in [2.45, 2.75) is 44.4 Å². The summed E-state index contributed by atoms with van der Waals surface area (Å²) in [5, 5.41) is 0. The lowest BCUT2D eigenvalue weighted by Crippen LogP contribution is -2.23. The second-order valence-corrected chi connectivity index (χ2v) is 6.86. The smallest absolute Gasteiger partial charge is 0.263 e. The predicted octanol–water partition coefficient (Wildman–Crippen LogP) is 2.94. The number of benzene rings is 1. The average molecular weight is 294 g/mol. The standard InChI is InChI=1S/C15H22N2O2S/c1-3-5-8-12(4-2)11-16-15-13-9-6-7-10-14(13)20(18,19)17-15/h6-7,9-10,12H,3-5,8,11H2,1-2H3,(H,16,17)/t12-/m0/s1. The van der Waals surface area contributed by atoms with Crippen molar-refractivity contribution in [3.8, 4) is 0 Å². The highest BCUT2D eigenvalue weighted by Crippen LogP contribution is 2.23. The molecule has 5 heteroatoms. The number of nitrogens with zero attached hydrogens (tertiary/aromatic N) is 1. The van der Waals surface area contributed by atoms with Gasteiger partial charge in [-0.1, -0.05) is 45.2 Å². The quantitative estimate of drug-likeness (QED) is 0.877. The highest BCUT2D eigenvalue weighted by molar-refractivity contribution is 7.90. The van der Waals surface area contributed by atoms with Crippen LogP contribution in [0, 0.1) is 5.92 Å². The third-order valence-corrected chi connectivity index (χ3v) is 5.11. The van der Waals surface area contributed by atoms with Crippen molar-refractivity contribution >= 4 is 15.9 Å². The van der Waals surface area contributed by atoms with E-state index in [2.05, 4.69) is 23.6 Å². The first-order valence-electron chi connectivity index (χ1n) is 7.25. The molecule has 0 aliphatic carbocycles. The molecule has 0 radical (unpaired) electrons. The Labute approximate surface area is 121 Å². The van der Waals surface area contributed by atoms with Crippen LogP contribution in [0.25, 0.3) is 0 Å². The van der Waals surface area contributed by atoms with Crippen LogP contribution in [0.1, 0.15) is 45.1 Å². The van der Waals surface area contributed by atoms with Gasteiger partial charge in [-0.15, -0.1) is 0 Å². The fourth-order valence-corrected chi connectivity index (χ4v) is 3.64. The zero-order chi connectivity index (χ0) is 14.6. The van der Waals surface area contributed by atoms with E-state index in [4.69, 9.17) is 0 Å². The van der Waals surface area contributed by atoms with E-state index in [1.165, 1.54) is 12.8 Å². The van der Waals surface area contributed by atoms with Gasteiger partial charge in [0.1, 0.15) is 5.84 Å². The van der Waals surface area contributed by atoms with E-state index in [9.17, 15) is 8.42 Å². The number of amidine groups is 1. The van der Waals surface area contributed by atoms with E-state index < -0.39 is 10.0 Å². The van der Waals surface area contributed by atoms with Crippen molar-refractivity contribution in [1.29, 1.82) is 0 Å². The molecular formula is C15H22N2O2S. The summed E-state index contributed by atoms with van der Waals surface area (Å²) in [4.78, 5) is 4.84. The van der Waals surface area contributed by atoms with Gasteiger partial charge < -0.3 is 0 Å². The van der Waals surface area contributed by atoms with E-state index >= 15 is 0 Å². The van der Waals surface area contributed by atoms with Gasteiger partial charge in [0.2, 0.25) is 0 Å². The van der Waals surface area contributed by atoms with Crippen molar-refractivity contribution in [2.24, 2.45) is 10.9 Å². The molecule has 0 fully saturated rings. The summed E-state index contributed by atoms with van der Waals surface area (Å²) in [6.45, 7) is 5.02. The number of fused-ring (bicyclic) bond motifs is 1. The number of sulfonamides is 1. The first kappa shape index (κ1) is 15.0. The summed E-state index contributed by atoms with van der Waals surface area (Å²) in [5.74, 6) is 1.02. The molecule has 1 N–H and O–H groups in total. The van der Waals surface area contributed by atoms with Crippen LogP contribution in [0.3, 0.4) is 0 Å². The first-order valence-corrected chi connectivity index (χ1v) is 8.73. The number of hydrogen-bond donors (Lipinski definition) is 1. The number of unbranched alkanes of at least 4 members (excludes halogenated alkanes) is 1. The minimum atomic E-state index is -3.41. The van der Waals surface area contributed by atoms with E-state index in [0.717, 1.165) is 12.8 Å². The van der Waals surface area contributed by atoms with E-state index in [1.54, 1.807) is 18.2 Å². The summed E-state index contributed by atoms with van der Waals surface area (Å²) in [5.41, 5.74) is 0.692. The summed E-state index contributed by atoms with van der Waals surface area (Å²) < 4.78 is 26.5. The van der Waals surface area contributed by atoms with Gasteiger partial charge in [0.05, 0.1) is 4.90 Å². The fraction of sp³-hybridized carbons (Fsp3) is 0.533. The molecule has 1 heterocycles. The Bertz CT molecular complexity index is 594. The minimum Gasteiger partial charge on any atom is -0.267 e. The zero-order valence-corrected chi connectivity index (χ0v) is 12.9. The van der Waals surface area contributed by atoms with Gasteiger partial charge in [-0.25, -0.2) is 8.42 Å². The average Bonchev–Trinajstić information content (AvgIpc) is 2.71. The second kappa shape index (κ2) is 6.39. The van der Waals surface area contributed by atoms with Crippen LogP contribution in [0.5, 0.6) is 0 Å². The number of hydrogen-bond acceptors (Lipinski definition) is 3. The molecule has 0 aromatic heterocycles. The molecule has 0 saturated heterocycles. The molecule has 0 spiro atoms. The van der Waals surface area contributed by atoms with Crippen LogP contribution in [-0.4, -0.2) is 20.8 Å². The lowest BCUT2D eigenvalue weighted by atomic mass is 10.00. The molecule has 0 unspecified atom stereocenters. The molecule has 0 amide bonds. The van der Waals surface area contributed by atoms with Gasteiger partial charge in [-0.3, -0.25) is 9.71 Å². The van der Waals surface area contributed by atoms with Crippen molar-refractivity contribution in [3.05, 3.63) is 29.8 Å². The molecule has 0 saturated carbocycles. The van der Waals surface area contributed by atoms with Gasteiger partial charge in [0.25, 0.3) is 10.0 Å². The molecule has 1 aliphatic heterocycles. The molecule has 1 atom stereocenters. The van der Waals surface area contributed by atoms with Crippen molar-refractivity contribution in [3.63, 3.8) is 0 Å². The molecule has 20 heavy (non-hydrogen) atoms. The molecule has 1 aromatic carbocycles. The van der Waals surface area contributed by atoms with Gasteiger partial charge in [0.15, 0.2) is 0 Å². The van der Waals surface area contributed by atoms with Crippen LogP contribution in [0.2, 0.25) is 0 Å². The molecule has 2 rings (SSSR count). The Kier molecular flexibility index (Phi) is 4.81. The Balaban J connectivity index is 2.16. The summed E-state index contributed by atoms with van der Waals surface area (Å²) in [7, 11) is -3.41. The fourth-order valence-electron chi connectivity index (χ4n) is 2.39. The summed E-state index contributed by atoms with van der Waals surface area (Å²) in [6, 6.07) is 7.00. The van der Waals surface area contributed by atoms with Gasteiger partial charge in [0, 0.05) is 12.1 Å². The highest BCUT2D eigenvalue weighted by Gasteiger charge is 2.30. The highest BCUT2D eigenvalue weighted by atomic mass is 32.2. The number of aliphatic imine (C=N–C) groups is 1. The third kappa shape index (κ3) is 3.20. The normalized spacial score (nSPS) is 19.6. The Morgan fingerprint density at radius 1 is 1.25 bits per heavy atom. The summed E-state index contributed by atoms with van der Waals surface area (Å²) in [6.07, 6.45) is 4.61. The maximum absolute atomic E-state index is 12.0. The van der Waals surface area contributed by atoms with Crippen molar-refractivity contribution < 1.29 is 8.42 Å². The van der Waals surface area contributed by atoms with Gasteiger partial charge in [-0.05, 0) is 24.5 Å². The Hall–Kier alpha value is -1.36. The molecule has 1 aromatic rings. The van der Waals surface area contributed by atoms with Gasteiger partial charge >= 0.3 is 0 Å². The van der Waals surface area contributed by atoms with Crippen LogP contribution in [0.15, 0.2) is 34.2 Å². The molecule has 1 aliphatic rings. The van der Waals surface area contributed by atoms with Crippen molar-refractivity contribution in [2.75, 3.05) is 6.54 Å². The number of rotatable bonds is 6. The zero-order valence-electron chi connectivity index (χ0n) is 12.1. The second-order valence-electron chi connectivity index (χ2n) is 5.21. The van der Waals surface area contributed by atoms with Crippen LogP contribution in [0.4, 0.5) is 0 Å². The van der Waals surface area contributed by atoms with Gasteiger partial charge in [-0.2, -0.15) is 0 Å². The maximum atomic E-state index is 12.0. The largest absolute Gasteiger partial charge is 0.267 e. The molecular weight excluding hydrogens is 272 g/mol. The third-order valence-electron chi connectivity index (χ3n) is 3.71. The summed E-state index contributed by atoms with van der Waals surface area (Å²) >= 11 is 0. The topological polar surface area (TPSA) is 58.5 Å². The monoisotopic (exact) mass is 294 g/mol. The van der Waals surface area contributed by atoms with Crippen LogP contribution >= 0.6 is 0 Å². The lowest BCUT2D eigenvalue weighted by Gasteiger charge is -2.11. The minimum absolute atomic E-state index is 0.334. The van der Waals surface area contributed by atoms with Crippen LogP contribution < -0.4 is 4.72 Å². The lowest BCUT2D eigenvalue weighted by molar-refractivity contribution is 0.462.